The third kappa shape index (κ3) is 4.79. The SMILES string of the molecule is CC(NC(=O)NCC(O)C(C)(C)C)c1cn(-c2ccccc2)nn1. The minimum atomic E-state index is -0.613. The standard InChI is InChI=1S/C17H25N5O2/c1-12(19-16(24)18-10-15(23)17(2,3)4)14-11-22(21-20-14)13-8-6-5-7-9-13/h5-9,11-12,15,23H,10H2,1-4H3,(H2,18,19,24). The van der Waals surface area contributed by atoms with Gasteiger partial charge in [-0.1, -0.05) is 44.2 Å². The Bertz CT molecular complexity index is 663. The van der Waals surface area contributed by atoms with Crippen LogP contribution < -0.4 is 10.6 Å². The Morgan fingerprint density at radius 1 is 1.29 bits per heavy atom. The summed E-state index contributed by atoms with van der Waals surface area (Å²) in [6.07, 6.45) is 1.17. The van der Waals surface area contributed by atoms with Gasteiger partial charge in [-0.15, -0.1) is 5.10 Å². The van der Waals surface area contributed by atoms with Crippen molar-refractivity contribution in [2.75, 3.05) is 6.54 Å². The van der Waals surface area contributed by atoms with Crippen molar-refractivity contribution in [1.82, 2.24) is 25.6 Å². The maximum Gasteiger partial charge on any atom is 0.315 e. The van der Waals surface area contributed by atoms with Gasteiger partial charge in [-0.25, -0.2) is 9.48 Å². The van der Waals surface area contributed by atoms with Crippen molar-refractivity contribution in [1.29, 1.82) is 0 Å². The molecule has 0 saturated carbocycles. The van der Waals surface area contributed by atoms with E-state index in [0.717, 1.165) is 5.69 Å². The van der Waals surface area contributed by atoms with Crippen LogP contribution in [0, 0.1) is 5.41 Å². The molecule has 0 radical (unpaired) electrons. The van der Waals surface area contributed by atoms with Gasteiger partial charge >= 0.3 is 6.03 Å². The van der Waals surface area contributed by atoms with Crippen molar-refractivity contribution >= 4 is 6.03 Å². The van der Waals surface area contributed by atoms with E-state index in [1.807, 2.05) is 58.0 Å². The van der Waals surface area contributed by atoms with Crippen LogP contribution in [-0.4, -0.2) is 38.8 Å². The molecule has 24 heavy (non-hydrogen) atoms. The van der Waals surface area contributed by atoms with Gasteiger partial charge in [0.25, 0.3) is 0 Å². The molecule has 1 aromatic heterocycles. The summed E-state index contributed by atoms with van der Waals surface area (Å²) in [6, 6.07) is 8.99. The number of nitrogens with one attached hydrogen (secondary N) is 2. The van der Waals surface area contributed by atoms with E-state index in [4.69, 9.17) is 0 Å². The van der Waals surface area contributed by atoms with Gasteiger partial charge < -0.3 is 15.7 Å². The summed E-state index contributed by atoms with van der Waals surface area (Å²) in [5.74, 6) is 0. The van der Waals surface area contributed by atoms with Crippen LogP contribution in [-0.2, 0) is 0 Å². The van der Waals surface area contributed by atoms with Gasteiger partial charge in [-0.3, -0.25) is 0 Å². The molecule has 130 valence electrons. The molecule has 2 aromatic rings. The number of aliphatic hydroxyl groups excluding tert-OH is 1. The molecule has 0 aliphatic rings. The van der Waals surface area contributed by atoms with Crippen LogP contribution in [0.3, 0.4) is 0 Å². The van der Waals surface area contributed by atoms with E-state index in [2.05, 4.69) is 20.9 Å². The lowest BCUT2D eigenvalue weighted by Gasteiger charge is -2.26. The Morgan fingerprint density at radius 2 is 1.96 bits per heavy atom. The van der Waals surface area contributed by atoms with E-state index in [1.165, 1.54) is 0 Å². The second-order valence-corrected chi connectivity index (χ2v) is 6.88. The maximum atomic E-state index is 11.9. The molecule has 0 bridgehead atoms. The van der Waals surface area contributed by atoms with Gasteiger partial charge in [-0.2, -0.15) is 0 Å². The number of carbonyl (C=O) groups excluding carboxylic acids is 1. The van der Waals surface area contributed by atoms with Crippen molar-refractivity contribution in [2.45, 2.75) is 39.8 Å². The molecule has 1 aromatic carbocycles. The average molecular weight is 331 g/mol. The highest BCUT2D eigenvalue weighted by Gasteiger charge is 2.22. The van der Waals surface area contributed by atoms with Gasteiger partial charge in [0.2, 0.25) is 0 Å². The molecule has 7 nitrogen and oxygen atoms in total. The number of para-hydroxylation sites is 1. The van der Waals surface area contributed by atoms with Gasteiger partial charge in [-0.05, 0) is 24.5 Å². The zero-order valence-electron chi connectivity index (χ0n) is 14.5. The molecule has 2 amide bonds. The van der Waals surface area contributed by atoms with Crippen LogP contribution in [0.2, 0.25) is 0 Å². The minimum Gasteiger partial charge on any atom is -0.391 e. The highest BCUT2D eigenvalue weighted by molar-refractivity contribution is 5.74. The first-order valence-corrected chi connectivity index (χ1v) is 7.97. The van der Waals surface area contributed by atoms with E-state index in [-0.39, 0.29) is 24.0 Å². The molecule has 0 aliphatic carbocycles. The number of hydrogen-bond donors (Lipinski definition) is 3. The first kappa shape index (κ1) is 17.9. The van der Waals surface area contributed by atoms with E-state index in [0.29, 0.717) is 5.69 Å². The van der Waals surface area contributed by atoms with Crippen LogP contribution >= 0.6 is 0 Å². The van der Waals surface area contributed by atoms with Crippen LogP contribution in [0.1, 0.15) is 39.4 Å². The fraction of sp³-hybridized carbons (Fsp3) is 0.471. The first-order valence-electron chi connectivity index (χ1n) is 7.97. The van der Waals surface area contributed by atoms with Crippen molar-refractivity contribution in [3.8, 4) is 5.69 Å². The summed E-state index contributed by atoms with van der Waals surface area (Å²) in [5.41, 5.74) is 1.28. The lowest BCUT2D eigenvalue weighted by Crippen LogP contribution is -2.44. The van der Waals surface area contributed by atoms with Crippen molar-refractivity contribution in [3.63, 3.8) is 0 Å². The van der Waals surface area contributed by atoms with Crippen LogP contribution in [0.15, 0.2) is 36.5 Å². The number of aliphatic hydroxyl groups is 1. The molecule has 2 rings (SSSR count). The maximum absolute atomic E-state index is 11.9. The number of aromatic nitrogens is 3. The minimum absolute atomic E-state index is 0.193. The van der Waals surface area contributed by atoms with Gasteiger partial charge in [0, 0.05) is 6.54 Å². The Morgan fingerprint density at radius 3 is 2.58 bits per heavy atom. The zero-order chi connectivity index (χ0) is 17.7. The van der Waals surface area contributed by atoms with Crippen LogP contribution in [0.5, 0.6) is 0 Å². The number of hydrogen-bond acceptors (Lipinski definition) is 4. The molecule has 0 aliphatic heterocycles. The summed E-state index contributed by atoms with van der Waals surface area (Å²) in [5, 5.41) is 23.6. The number of carbonyl (C=O) groups is 1. The molecular formula is C17H25N5O2. The van der Waals surface area contributed by atoms with E-state index < -0.39 is 6.10 Å². The Hall–Kier alpha value is -2.41. The third-order valence-corrected chi connectivity index (χ3v) is 3.78. The molecule has 7 heteroatoms. The molecular weight excluding hydrogens is 306 g/mol. The molecule has 3 N–H and O–H groups in total. The smallest absolute Gasteiger partial charge is 0.315 e. The quantitative estimate of drug-likeness (QED) is 0.782. The number of amides is 2. The zero-order valence-corrected chi connectivity index (χ0v) is 14.5. The highest BCUT2D eigenvalue weighted by atomic mass is 16.3. The fourth-order valence-electron chi connectivity index (χ4n) is 2.00. The molecule has 1 heterocycles. The second-order valence-electron chi connectivity index (χ2n) is 6.88. The summed E-state index contributed by atoms with van der Waals surface area (Å²) >= 11 is 0. The van der Waals surface area contributed by atoms with Gasteiger partial charge in [0.15, 0.2) is 0 Å². The number of nitrogens with zero attached hydrogens (tertiary/aromatic N) is 3. The number of benzene rings is 1. The second kappa shape index (κ2) is 7.44. The van der Waals surface area contributed by atoms with E-state index >= 15 is 0 Å². The summed E-state index contributed by atoms with van der Waals surface area (Å²) < 4.78 is 1.66. The van der Waals surface area contributed by atoms with Gasteiger partial charge in [0.1, 0.15) is 5.69 Å². The Labute approximate surface area is 142 Å². The van der Waals surface area contributed by atoms with Crippen LogP contribution in [0.4, 0.5) is 4.79 Å². The molecule has 2 atom stereocenters. The molecule has 0 spiro atoms. The van der Waals surface area contributed by atoms with E-state index in [9.17, 15) is 9.90 Å². The monoisotopic (exact) mass is 331 g/mol. The van der Waals surface area contributed by atoms with E-state index in [1.54, 1.807) is 10.9 Å². The Balaban J connectivity index is 1.90. The molecule has 0 fully saturated rings. The first-order chi connectivity index (χ1) is 11.3. The third-order valence-electron chi connectivity index (χ3n) is 3.78. The molecule has 2 unspecified atom stereocenters. The largest absolute Gasteiger partial charge is 0.391 e. The number of rotatable bonds is 5. The topological polar surface area (TPSA) is 92.1 Å². The van der Waals surface area contributed by atoms with Crippen molar-refractivity contribution in [3.05, 3.63) is 42.2 Å². The summed E-state index contributed by atoms with van der Waals surface area (Å²) in [7, 11) is 0. The summed E-state index contributed by atoms with van der Waals surface area (Å²) in [4.78, 5) is 11.9. The van der Waals surface area contributed by atoms with Crippen LogP contribution in [0.25, 0.3) is 5.69 Å². The van der Waals surface area contributed by atoms with Crippen molar-refractivity contribution < 1.29 is 9.90 Å². The van der Waals surface area contributed by atoms with Crippen molar-refractivity contribution in [2.24, 2.45) is 5.41 Å². The lowest BCUT2D eigenvalue weighted by atomic mass is 9.89. The molecule has 0 saturated heterocycles. The lowest BCUT2D eigenvalue weighted by molar-refractivity contribution is 0.0649. The Kier molecular flexibility index (Phi) is 5.56. The highest BCUT2D eigenvalue weighted by Crippen LogP contribution is 2.18. The number of urea groups is 1. The predicted molar refractivity (Wildman–Crippen MR) is 91.8 cm³/mol. The van der Waals surface area contributed by atoms with Gasteiger partial charge in [0.05, 0.1) is 24.0 Å². The predicted octanol–water partition coefficient (Wildman–Crippen LogP) is 2.03. The fourth-order valence-corrected chi connectivity index (χ4v) is 2.00. The normalized spacial score (nSPS) is 14.0. The average Bonchev–Trinajstić information content (AvgIpc) is 3.02. The summed E-state index contributed by atoms with van der Waals surface area (Å²) in [6.45, 7) is 7.78.